The van der Waals surface area contributed by atoms with Gasteiger partial charge in [0, 0.05) is 12.2 Å². The van der Waals surface area contributed by atoms with Gasteiger partial charge in [0.1, 0.15) is 0 Å². The third-order valence-corrected chi connectivity index (χ3v) is 2.21. The standard InChI is InChI=1S/C8H13N3/c1-2-5-9-7(3-1)8-4-6-10-11-8/h4,6-7,9H,1-3,5H2,(H,10,11)/t7-/m0/s1. The van der Waals surface area contributed by atoms with E-state index in [9.17, 15) is 0 Å². The molecule has 1 aliphatic rings. The van der Waals surface area contributed by atoms with E-state index >= 15 is 0 Å². The van der Waals surface area contributed by atoms with Gasteiger partial charge in [-0.15, -0.1) is 0 Å². The maximum Gasteiger partial charge on any atom is 0.0521 e. The van der Waals surface area contributed by atoms with Crippen LogP contribution in [0.2, 0.25) is 0 Å². The van der Waals surface area contributed by atoms with Gasteiger partial charge in [0.05, 0.1) is 5.69 Å². The van der Waals surface area contributed by atoms with Gasteiger partial charge in [-0.1, -0.05) is 6.42 Å². The second-order valence-electron chi connectivity index (χ2n) is 3.01. The van der Waals surface area contributed by atoms with Crippen LogP contribution in [-0.2, 0) is 0 Å². The zero-order valence-electron chi connectivity index (χ0n) is 6.51. The minimum Gasteiger partial charge on any atom is -0.309 e. The van der Waals surface area contributed by atoms with Crippen molar-refractivity contribution in [3.8, 4) is 0 Å². The Morgan fingerprint density at radius 2 is 2.45 bits per heavy atom. The molecule has 1 saturated heterocycles. The maximum absolute atomic E-state index is 3.93. The predicted molar refractivity (Wildman–Crippen MR) is 43.2 cm³/mol. The van der Waals surface area contributed by atoms with E-state index < -0.39 is 0 Å². The average Bonchev–Trinajstić information content (AvgIpc) is 2.58. The molecule has 1 aliphatic heterocycles. The van der Waals surface area contributed by atoms with Crippen molar-refractivity contribution in [3.05, 3.63) is 18.0 Å². The Kier molecular flexibility index (Phi) is 1.90. The number of nitrogens with zero attached hydrogens (tertiary/aromatic N) is 1. The predicted octanol–water partition coefficient (Wildman–Crippen LogP) is 1.22. The lowest BCUT2D eigenvalue weighted by atomic mass is 10.0. The van der Waals surface area contributed by atoms with Crippen molar-refractivity contribution in [2.24, 2.45) is 0 Å². The molecule has 0 radical (unpaired) electrons. The average molecular weight is 151 g/mol. The Balaban J connectivity index is 2.04. The van der Waals surface area contributed by atoms with E-state index in [1.54, 1.807) is 0 Å². The highest BCUT2D eigenvalue weighted by molar-refractivity contribution is 5.04. The van der Waals surface area contributed by atoms with E-state index in [1.807, 2.05) is 12.3 Å². The van der Waals surface area contributed by atoms with E-state index in [0.29, 0.717) is 6.04 Å². The van der Waals surface area contributed by atoms with Gasteiger partial charge in [0.25, 0.3) is 0 Å². The lowest BCUT2D eigenvalue weighted by molar-refractivity contribution is 0.405. The van der Waals surface area contributed by atoms with E-state index in [4.69, 9.17) is 0 Å². The van der Waals surface area contributed by atoms with Crippen LogP contribution in [0.1, 0.15) is 31.0 Å². The van der Waals surface area contributed by atoms with Crippen molar-refractivity contribution < 1.29 is 0 Å². The fraction of sp³-hybridized carbons (Fsp3) is 0.625. The first-order chi connectivity index (χ1) is 5.47. The van der Waals surface area contributed by atoms with Crippen molar-refractivity contribution >= 4 is 0 Å². The van der Waals surface area contributed by atoms with Gasteiger partial charge in [-0.3, -0.25) is 5.10 Å². The summed E-state index contributed by atoms with van der Waals surface area (Å²) in [5.74, 6) is 0. The van der Waals surface area contributed by atoms with Crippen molar-refractivity contribution in [3.63, 3.8) is 0 Å². The van der Waals surface area contributed by atoms with E-state index in [1.165, 1.54) is 25.0 Å². The highest BCUT2D eigenvalue weighted by atomic mass is 15.1. The van der Waals surface area contributed by atoms with Crippen LogP contribution in [0.25, 0.3) is 0 Å². The summed E-state index contributed by atoms with van der Waals surface area (Å²) in [5, 5.41) is 10.4. The summed E-state index contributed by atoms with van der Waals surface area (Å²) in [4.78, 5) is 0. The number of rotatable bonds is 1. The Labute approximate surface area is 66.2 Å². The summed E-state index contributed by atoms with van der Waals surface area (Å²) < 4.78 is 0. The van der Waals surface area contributed by atoms with Crippen LogP contribution in [0.3, 0.4) is 0 Å². The van der Waals surface area contributed by atoms with Gasteiger partial charge in [0.15, 0.2) is 0 Å². The number of H-pyrrole nitrogens is 1. The fourth-order valence-electron chi connectivity index (χ4n) is 1.58. The fourth-order valence-corrected chi connectivity index (χ4v) is 1.58. The molecule has 1 aromatic rings. The van der Waals surface area contributed by atoms with Crippen LogP contribution in [0.5, 0.6) is 0 Å². The van der Waals surface area contributed by atoms with Crippen LogP contribution in [0, 0.1) is 0 Å². The van der Waals surface area contributed by atoms with Gasteiger partial charge in [0.2, 0.25) is 0 Å². The zero-order chi connectivity index (χ0) is 7.52. The summed E-state index contributed by atoms with van der Waals surface area (Å²) >= 11 is 0. The molecule has 3 heteroatoms. The monoisotopic (exact) mass is 151 g/mol. The molecule has 2 N–H and O–H groups in total. The van der Waals surface area contributed by atoms with Crippen LogP contribution in [-0.4, -0.2) is 16.7 Å². The Bertz CT molecular complexity index is 199. The largest absolute Gasteiger partial charge is 0.309 e. The first kappa shape index (κ1) is 6.85. The summed E-state index contributed by atoms with van der Waals surface area (Å²) in [6, 6.07) is 2.56. The Morgan fingerprint density at radius 1 is 1.45 bits per heavy atom. The van der Waals surface area contributed by atoms with E-state index in [0.717, 1.165) is 6.54 Å². The Hall–Kier alpha value is -0.830. The molecule has 2 heterocycles. The lowest BCUT2D eigenvalue weighted by Gasteiger charge is -2.21. The molecular formula is C8H13N3. The molecule has 1 fully saturated rings. The van der Waals surface area contributed by atoms with Gasteiger partial charge in [-0.2, -0.15) is 5.10 Å². The van der Waals surface area contributed by atoms with Crippen molar-refractivity contribution in [2.75, 3.05) is 6.54 Å². The molecule has 2 rings (SSSR count). The quantitative estimate of drug-likeness (QED) is 0.633. The highest BCUT2D eigenvalue weighted by Crippen LogP contribution is 2.19. The van der Waals surface area contributed by atoms with Crippen LogP contribution >= 0.6 is 0 Å². The third-order valence-electron chi connectivity index (χ3n) is 2.21. The summed E-state index contributed by atoms with van der Waals surface area (Å²) in [6.45, 7) is 1.14. The van der Waals surface area contributed by atoms with Crippen LogP contribution < -0.4 is 5.32 Å². The maximum atomic E-state index is 3.93. The SMILES string of the molecule is c1cc([C@@H]2CCCCN2)[nH]n1. The van der Waals surface area contributed by atoms with Crippen LogP contribution in [0.4, 0.5) is 0 Å². The molecule has 3 nitrogen and oxygen atoms in total. The third kappa shape index (κ3) is 1.43. The summed E-state index contributed by atoms with van der Waals surface area (Å²) in [7, 11) is 0. The summed E-state index contributed by atoms with van der Waals surface area (Å²) in [6.07, 6.45) is 5.69. The number of aromatic nitrogens is 2. The Morgan fingerprint density at radius 3 is 3.09 bits per heavy atom. The molecule has 0 unspecified atom stereocenters. The zero-order valence-corrected chi connectivity index (χ0v) is 6.51. The minimum atomic E-state index is 0.520. The molecule has 0 amide bonds. The topological polar surface area (TPSA) is 40.7 Å². The lowest BCUT2D eigenvalue weighted by Crippen LogP contribution is -2.26. The van der Waals surface area contributed by atoms with Gasteiger partial charge in [-0.25, -0.2) is 0 Å². The van der Waals surface area contributed by atoms with E-state index in [2.05, 4.69) is 15.5 Å². The molecule has 0 aliphatic carbocycles. The summed E-state index contributed by atoms with van der Waals surface area (Å²) in [5.41, 5.74) is 1.23. The second-order valence-corrected chi connectivity index (χ2v) is 3.01. The molecule has 0 aromatic carbocycles. The molecule has 60 valence electrons. The highest BCUT2D eigenvalue weighted by Gasteiger charge is 2.14. The van der Waals surface area contributed by atoms with Gasteiger partial charge >= 0.3 is 0 Å². The second kappa shape index (κ2) is 3.05. The molecule has 0 saturated carbocycles. The number of hydrogen-bond acceptors (Lipinski definition) is 2. The smallest absolute Gasteiger partial charge is 0.0521 e. The first-order valence-electron chi connectivity index (χ1n) is 4.19. The van der Waals surface area contributed by atoms with Gasteiger partial charge in [-0.05, 0) is 25.5 Å². The first-order valence-corrected chi connectivity index (χ1v) is 4.19. The molecule has 1 aromatic heterocycles. The number of nitrogens with one attached hydrogen (secondary N) is 2. The number of aromatic amines is 1. The normalized spacial score (nSPS) is 25.3. The van der Waals surface area contributed by atoms with Gasteiger partial charge < -0.3 is 5.32 Å². The molecule has 1 atom stereocenters. The molecule has 0 bridgehead atoms. The van der Waals surface area contributed by atoms with E-state index in [-0.39, 0.29) is 0 Å². The molecular weight excluding hydrogens is 138 g/mol. The van der Waals surface area contributed by atoms with Crippen molar-refractivity contribution in [1.29, 1.82) is 0 Å². The molecule has 0 spiro atoms. The van der Waals surface area contributed by atoms with Crippen molar-refractivity contribution in [1.82, 2.24) is 15.5 Å². The molecule has 11 heavy (non-hydrogen) atoms. The van der Waals surface area contributed by atoms with Crippen molar-refractivity contribution in [2.45, 2.75) is 25.3 Å². The number of piperidine rings is 1. The minimum absolute atomic E-state index is 0.520. The van der Waals surface area contributed by atoms with Crippen LogP contribution in [0.15, 0.2) is 12.3 Å². The number of hydrogen-bond donors (Lipinski definition) is 2.